The Morgan fingerprint density at radius 1 is 1.29 bits per heavy atom. The molecule has 1 aromatic heterocycles. The first-order valence-corrected chi connectivity index (χ1v) is 5.87. The minimum absolute atomic E-state index is 0.0617. The van der Waals surface area contributed by atoms with Crippen molar-refractivity contribution >= 4 is 11.0 Å². The highest BCUT2D eigenvalue weighted by molar-refractivity contribution is 5.83. The Kier molecular flexibility index (Phi) is 3.11. The van der Waals surface area contributed by atoms with Gasteiger partial charge in [-0.25, -0.2) is 0 Å². The number of hydrogen-bond acceptors (Lipinski definition) is 3. The number of ether oxygens (including phenoxy) is 1. The summed E-state index contributed by atoms with van der Waals surface area (Å²) in [6, 6.07) is 5.76. The van der Waals surface area contributed by atoms with Crippen LogP contribution in [0, 0.1) is 12.8 Å². The van der Waals surface area contributed by atoms with Crippen LogP contribution < -0.4 is 10.5 Å². The lowest BCUT2D eigenvalue weighted by atomic mass is 9.99. The van der Waals surface area contributed by atoms with Crippen molar-refractivity contribution in [1.82, 2.24) is 0 Å². The number of rotatable bonds is 3. The summed E-state index contributed by atoms with van der Waals surface area (Å²) in [6.07, 6.45) is 0. The molecule has 1 unspecified atom stereocenters. The zero-order chi connectivity index (χ0) is 12.6. The van der Waals surface area contributed by atoms with Crippen LogP contribution in [0.2, 0.25) is 0 Å². The molecule has 1 aromatic carbocycles. The van der Waals surface area contributed by atoms with Gasteiger partial charge in [-0.3, -0.25) is 0 Å². The van der Waals surface area contributed by atoms with Gasteiger partial charge in [-0.1, -0.05) is 13.8 Å². The second-order valence-electron chi connectivity index (χ2n) is 4.72. The Bertz CT molecular complexity index is 528. The summed E-state index contributed by atoms with van der Waals surface area (Å²) in [5.74, 6) is 2.07. The summed E-state index contributed by atoms with van der Waals surface area (Å²) < 4.78 is 11.1. The Hall–Kier alpha value is -1.48. The summed E-state index contributed by atoms with van der Waals surface area (Å²) in [5.41, 5.74) is 8.13. The van der Waals surface area contributed by atoms with Crippen LogP contribution in [0.3, 0.4) is 0 Å². The van der Waals surface area contributed by atoms with E-state index >= 15 is 0 Å². The van der Waals surface area contributed by atoms with Crippen LogP contribution in [0.1, 0.15) is 31.2 Å². The molecule has 0 aliphatic heterocycles. The van der Waals surface area contributed by atoms with Crippen molar-refractivity contribution in [3.05, 3.63) is 29.5 Å². The fourth-order valence-electron chi connectivity index (χ4n) is 1.97. The molecule has 17 heavy (non-hydrogen) atoms. The van der Waals surface area contributed by atoms with E-state index in [1.54, 1.807) is 7.11 Å². The Morgan fingerprint density at radius 2 is 2.00 bits per heavy atom. The average Bonchev–Trinajstić information content (AvgIpc) is 2.65. The van der Waals surface area contributed by atoms with Gasteiger partial charge < -0.3 is 14.9 Å². The van der Waals surface area contributed by atoms with Crippen molar-refractivity contribution in [2.75, 3.05) is 7.11 Å². The number of nitrogens with two attached hydrogens (primary N) is 1. The van der Waals surface area contributed by atoms with Gasteiger partial charge in [0, 0.05) is 10.9 Å². The molecule has 0 bridgehead atoms. The minimum atomic E-state index is -0.0617. The van der Waals surface area contributed by atoms with Gasteiger partial charge in [0.25, 0.3) is 0 Å². The van der Waals surface area contributed by atoms with E-state index in [4.69, 9.17) is 14.9 Å². The molecule has 2 rings (SSSR count). The van der Waals surface area contributed by atoms with Crippen molar-refractivity contribution in [3.8, 4) is 5.75 Å². The fraction of sp³-hybridized carbons (Fsp3) is 0.429. The van der Waals surface area contributed by atoms with E-state index in [1.165, 1.54) is 0 Å². The zero-order valence-corrected chi connectivity index (χ0v) is 10.8. The van der Waals surface area contributed by atoms with Gasteiger partial charge in [0.1, 0.15) is 17.1 Å². The third-order valence-electron chi connectivity index (χ3n) is 3.20. The first-order valence-electron chi connectivity index (χ1n) is 5.87. The highest BCUT2D eigenvalue weighted by atomic mass is 16.5. The number of methoxy groups -OCH3 is 1. The molecule has 2 N–H and O–H groups in total. The molecule has 0 radical (unpaired) electrons. The van der Waals surface area contributed by atoms with Crippen molar-refractivity contribution < 1.29 is 9.15 Å². The van der Waals surface area contributed by atoms with Crippen LogP contribution in [0.25, 0.3) is 11.0 Å². The quantitative estimate of drug-likeness (QED) is 0.883. The standard InChI is InChI=1S/C14H19NO2/c1-8(2)13(15)14-9(3)11-7-10(16-4)5-6-12(11)17-14/h5-8,13H,15H2,1-4H3. The molecule has 2 aromatic rings. The molecule has 1 atom stereocenters. The number of furan rings is 1. The monoisotopic (exact) mass is 233 g/mol. The van der Waals surface area contributed by atoms with Gasteiger partial charge in [0.15, 0.2) is 0 Å². The number of benzene rings is 1. The Balaban J connectivity index is 2.56. The summed E-state index contributed by atoms with van der Waals surface area (Å²) >= 11 is 0. The molecule has 0 spiro atoms. The SMILES string of the molecule is COc1ccc2oc(C(N)C(C)C)c(C)c2c1. The normalized spacial score (nSPS) is 13.3. The lowest BCUT2D eigenvalue weighted by Crippen LogP contribution is -2.16. The average molecular weight is 233 g/mol. The van der Waals surface area contributed by atoms with Gasteiger partial charge in [0.2, 0.25) is 0 Å². The van der Waals surface area contributed by atoms with Crippen LogP contribution in [-0.4, -0.2) is 7.11 Å². The molecule has 0 aliphatic carbocycles. The molecule has 1 heterocycles. The fourth-order valence-corrected chi connectivity index (χ4v) is 1.97. The molecule has 0 fully saturated rings. The van der Waals surface area contributed by atoms with E-state index in [0.29, 0.717) is 5.92 Å². The van der Waals surface area contributed by atoms with Crippen molar-refractivity contribution in [1.29, 1.82) is 0 Å². The van der Waals surface area contributed by atoms with E-state index < -0.39 is 0 Å². The van der Waals surface area contributed by atoms with Crippen LogP contribution >= 0.6 is 0 Å². The molecule has 0 amide bonds. The predicted molar refractivity (Wildman–Crippen MR) is 69.3 cm³/mol. The van der Waals surface area contributed by atoms with Crippen LogP contribution in [0.4, 0.5) is 0 Å². The molecular formula is C14H19NO2. The lowest BCUT2D eigenvalue weighted by Gasteiger charge is -2.13. The van der Waals surface area contributed by atoms with Gasteiger partial charge in [0.05, 0.1) is 13.2 Å². The van der Waals surface area contributed by atoms with Gasteiger partial charge in [-0.05, 0) is 31.0 Å². The van der Waals surface area contributed by atoms with E-state index in [-0.39, 0.29) is 6.04 Å². The number of hydrogen-bond donors (Lipinski definition) is 1. The first-order chi connectivity index (χ1) is 8.04. The summed E-state index contributed by atoms with van der Waals surface area (Å²) in [5, 5.41) is 1.08. The maximum Gasteiger partial charge on any atom is 0.134 e. The van der Waals surface area contributed by atoms with E-state index in [9.17, 15) is 0 Å². The summed E-state index contributed by atoms with van der Waals surface area (Å²) in [4.78, 5) is 0. The highest BCUT2D eigenvalue weighted by Crippen LogP contribution is 2.33. The minimum Gasteiger partial charge on any atom is -0.497 e. The molecule has 3 heteroatoms. The van der Waals surface area contributed by atoms with Crippen LogP contribution in [-0.2, 0) is 0 Å². The van der Waals surface area contributed by atoms with Crippen LogP contribution in [0.15, 0.2) is 22.6 Å². The number of aryl methyl sites for hydroxylation is 1. The molecule has 0 aliphatic rings. The maximum absolute atomic E-state index is 6.15. The van der Waals surface area contributed by atoms with Crippen molar-refractivity contribution in [2.24, 2.45) is 11.7 Å². The Morgan fingerprint density at radius 3 is 2.59 bits per heavy atom. The topological polar surface area (TPSA) is 48.4 Å². The lowest BCUT2D eigenvalue weighted by molar-refractivity contribution is 0.412. The molecule has 0 saturated carbocycles. The second kappa shape index (κ2) is 4.41. The molecule has 0 saturated heterocycles. The van der Waals surface area contributed by atoms with E-state index in [1.807, 2.05) is 25.1 Å². The zero-order valence-electron chi connectivity index (χ0n) is 10.8. The van der Waals surface area contributed by atoms with Crippen molar-refractivity contribution in [3.63, 3.8) is 0 Å². The summed E-state index contributed by atoms with van der Waals surface area (Å²) in [6.45, 7) is 6.23. The third-order valence-corrected chi connectivity index (χ3v) is 3.20. The highest BCUT2D eigenvalue weighted by Gasteiger charge is 2.19. The van der Waals surface area contributed by atoms with Gasteiger partial charge in [-0.15, -0.1) is 0 Å². The largest absolute Gasteiger partial charge is 0.497 e. The first kappa shape index (κ1) is 12.0. The maximum atomic E-state index is 6.15. The van der Waals surface area contributed by atoms with E-state index in [0.717, 1.165) is 28.0 Å². The molecule has 3 nitrogen and oxygen atoms in total. The smallest absolute Gasteiger partial charge is 0.134 e. The second-order valence-corrected chi connectivity index (χ2v) is 4.72. The van der Waals surface area contributed by atoms with Gasteiger partial charge >= 0.3 is 0 Å². The van der Waals surface area contributed by atoms with Crippen molar-refractivity contribution in [2.45, 2.75) is 26.8 Å². The predicted octanol–water partition coefficient (Wildman–Crippen LogP) is 3.41. The molecular weight excluding hydrogens is 214 g/mol. The Labute approximate surface area is 102 Å². The number of fused-ring (bicyclic) bond motifs is 1. The van der Waals surface area contributed by atoms with Gasteiger partial charge in [-0.2, -0.15) is 0 Å². The van der Waals surface area contributed by atoms with E-state index in [2.05, 4.69) is 13.8 Å². The van der Waals surface area contributed by atoms with Crippen LogP contribution in [0.5, 0.6) is 5.75 Å². The third kappa shape index (κ3) is 2.03. The molecule has 92 valence electrons. The summed E-state index contributed by atoms with van der Waals surface area (Å²) in [7, 11) is 1.66.